The third-order valence-corrected chi connectivity index (χ3v) is 5.02. The Kier molecular flexibility index (Phi) is 6.05. The monoisotopic (exact) mass is 449 g/mol. The van der Waals surface area contributed by atoms with Crippen LogP contribution in [0.25, 0.3) is 28.2 Å². The number of rotatable bonds is 6. The van der Waals surface area contributed by atoms with Gasteiger partial charge >= 0.3 is 5.69 Å². The molecule has 0 saturated carbocycles. The van der Waals surface area contributed by atoms with Crippen molar-refractivity contribution in [2.75, 3.05) is 13.1 Å². The second-order valence-corrected chi connectivity index (χ2v) is 7.24. The fraction of sp³-hybridized carbons (Fsp3) is 0.182. The smallest absolute Gasteiger partial charge is 0.337 e. The number of halogens is 1. The van der Waals surface area contributed by atoms with Crippen molar-refractivity contribution in [1.29, 1.82) is 0 Å². The van der Waals surface area contributed by atoms with Gasteiger partial charge in [0.2, 0.25) is 0 Å². The first-order valence-electron chi connectivity index (χ1n) is 10.1. The molecular formula is C22H20FN7O3. The zero-order valence-corrected chi connectivity index (χ0v) is 17.7. The maximum atomic E-state index is 13.3. The van der Waals surface area contributed by atoms with Crippen molar-refractivity contribution >= 4 is 17.1 Å². The Hall–Kier alpha value is -4.25. The molecule has 0 bridgehead atoms. The molecule has 0 aliphatic rings. The highest BCUT2D eigenvalue weighted by Crippen LogP contribution is 2.17. The summed E-state index contributed by atoms with van der Waals surface area (Å²) in [4.78, 5) is 42.0. The summed E-state index contributed by atoms with van der Waals surface area (Å²) in [5, 5.41) is 10.9. The lowest BCUT2D eigenvalue weighted by atomic mass is 10.1. The summed E-state index contributed by atoms with van der Waals surface area (Å²) >= 11 is 0. The number of fused-ring (bicyclic) bond motifs is 1. The van der Waals surface area contributed by atoms with E-state index in [0.717, 1.165) is 9.13 Å². The summed E-state index contributed by atoms with van der Waals surface area (Å²) < 4.78 is 15.4. The van der Waals surface area contributed by atoms with Crippen LogP contribution in [0.15, 0.2) is 58.1 Å². The number of nitrogens with one attached hydrogen (secondary N) is 1. The standard InChI is InChI=1S/C22H20FN7O3/c1-29-21(32)17-19(30(22(29)33)16-9-7-15(23)8-10-16)28-27-18(26-17)13-3-5-14(6-4-13)20(31)25-12-2-11-24/h3-10H,2,11-12,24H2,1H3,(H,25,31). The van der Waals surface area contributed by atoms with Crippen LogP contribution in [-0.4, -0.2) is 43.3 Å². The van der Waals surface area contributed by atoms with Gasteiger partial charge in [-0.1, -0.05) is 12.1 Å². The number of benzene rings is 2. The molecule has 2 aromatic heterocycles. The molecular weight excluding hydrogens is 429 g/mol. The van der Waals surface area contributed by atoms with E-state index < -0.39 is 17.1 Å². The zero-order valence-electron chi connectivity index (χ0n) is 17.7. The van der Waals surface area contributed by atoms with Gasteiger partial charge in [0.15, 0.2) is 17.0 Å². The van der Waals surface area contributed by atoms with Crippen LogP contribution in [0.5, 0.6) is 0 Å². The van der Waals surface area contributed by atoms with Crippen molar-refractivity contribution in [1.82, 2.24) is 29.6 Å². The molecule has 0 fully saturated rings. The Morgan fingerprint density at radius 1 is 1.06 bits per heavy atom. The van der Waals surface area contributed by atoms with E-state index in [0.29, 0.717) is 36.3 Å². The Morgan fingerprint density at radius 3 is 2.42 bits per heavy atom. The molecule has 3 N–H and O–H groups in total. The number of carbonyl (C=O) groups excluding carboxylic acids is 1. The van der Waals surface area contributed by atoms with Gasteiger partial charge in [0.05, 0.1) is 5.69 Å². The van der Waals surface area contributed by atoms with Crippen molar-refractivity contribution in [3.05, 3.63) is 80.7 Å². The predicted molar refractivity (Wildman–Crippen MR) is 120 cm³/mol. The molecule has 2 heterocycles. The highest BCUT2D eigenvalue weighted by molar-refractivity contribution is 5.94. The van der Waals surface area contributed by atoms with Gasteiger partial charge in [0, 0.05) is 24.7 Å². The topological polar surface area (TPSA) is 138 Å². The van der Waals surface area contributed by atoms with Crippen molar-refractivity contribution in [2.24, 2.45) is 12.8 Å². The molecule has 4 aromatic rings. The summed E-state index contributed by atoms with van der Waals surface area (Å²) in [6, 6.07) is 11.7. The van der Waals surface area contributed by atoms with Gasteiger partial charge in [-0.15, -0.1) is 10.2 Å². The Morgan fingerprint density at radius 2 is 1.76 bits per heavy atom. The van der Waals surface area contributed by atoms with Crippen LogP contribution in [0.3, 0.4) is 0 Å². The number of nitrogens with zero attached hydrogens (tertiary/aromatic N) is 5. The summed E-state index contributed by atoms with van der Waals surface area (Å²) in [5.74, 6) is -0.548. The maximum Gasteiger partial charge on any atom is 0.337 e. The number of amides is 1. The number of hydrogen-bond acceptors (Lipinski definition) is 7. The molecule has 4 rings (SSSR count). The van der Waals surface area contributed by atoms with E-state index in [9.17, 15) is 18.8 Å². The first-order chi connectivity index (χ1) is 15.9. The van der Waals surface area contributed by atoms with Crippen molar-refractivity contribution in [3.8, 4) is 17.1 Å². The molecule has 0 unspecified atom stereocenters. The summed E-state index contributed by atoms with van der Waals surface area (Å²) in [7, 11) is 1.32. The van der Waals surface area contributed by atoms with E-state index in [1.54, 1.807) is 24.3 Å². The van der Waals surface area contributed by atoms with Crippen molar-refractivity contribution < 1.29 is 9.18 Å². The second kappa shape index (κ2) is 9.09. The van der Waals surface area contributed by atoms with Crippen LogP contribution in [-0.2, 0) is 7.05 Å². The van der Waals surface area contributed by atoms with Gasteiger partial charge in [-0.2, -0.15) is 0 Å². The second-order valence-electron chi connectivity index (χ2n) is 7.24. The molecule has 0 saturated heterocycles. The average molecular weight is 449 g/mol. The lowest BCUT2D eigenvalue weighted by molar-refractivity contribution is 0.0953. The molecule has 11 heteroatoms. The normalized spacial score (nSPS) is 11.0. The van der Waals surface area contributed by atoms with Crippen molar-refractivity contribution in [3.63, 3.8) is 0 Å². The average Bonchev–Trinajstić information content (AvgIpc) is 2.84. The predicted octanol–water partition coefficient (Wildman–Crippen LogP) is 0.759. The number of nitrogens with two attached hydrogens (primary N) is 1. The minimum absolute atomic E-state index is 0.0469. The van der Waals surface area contributed by atoms with Gasteiger partial charge in [-0.25, -0.2) is 18.7 Å². The lowest BCUT2D eigenvalue weighted by Gasteiger charge is -2.11. The van der Waals surface area contributed by atoms with Crippen molar-refractivity contribution in [2.45, 2.75) is 6.42 Å². The Bertz CT molecular complexity index is 1440. The SMILES string of the molecule is Cn1c(=O)c2nc(-c3ccc(C(=O)NCCCN)cc3)nnc2n(-c2ccc(F)cc2)c1=O. The molecule has 0 atom stereocenters. The van der Waals surface area contributed by atoms with E-state index in [-0.39, 0.29) is 22.9 Å². The van der Waals surface area contributed by atoms with E-state index in [2.05, 4.69) is 20.5 Å². The van der Waals surface area contributed by atoms with E-state index in [1.807, 2.05) is 0 Å². The molecule has 0 spiro atoms. The minimum Gasteiger partial charge on any atom is -0.352 e. The summed E-state index contributed by atoms with van der Waals surface area (Å²) in [5.41, 5.74) is 5.30. The molecule has 2 aromatic carbocycles. The summed E-state index contributed by atoms with van der Waals surface area (Å²) in [6.07, 6.45) is 0.679. The van der Waals surface area contributed by atoms with E-state index in [1.165, 1.54) is 31.3 Å². The third kappa shape index (κ3) is 4.26. The molecule has 10 nitrogen and oxygen atoms in total. The van der Waals surface area contributed by atoms with E-state index in [4.69, 9.17) is 5.73 Å². The first-order valence-corrected chi connectivity index (χ1v) is 10.1. The van der Waals surface area contributed by atoms with E-state index >= 15 is 0 Å². The first kappa shape index (κ1) is 22.0. The maximum absolute atomic E-state index is 13.3. The fourth-order valence-corrected chi connectivity index (χ4v) is 3.22. The van der Waals surface area contributed by atoms with Gasteiger partial charge in [0.25, 0.3) is 11.5 Å². The minimum atomic E-state index is -0.659. The summed E-state index contributed by atoms with van der Waals surface area (Å²) in [6.45, 7) is 0.966. The number of aromatic nitrogens is 5. The van der Waals surface area contributed by atoms with Crippen LogP contribution < -0.4 is 22.3 Å². The van der Waals surface area contributed by atoms with Crippen LogP contribution >= 0.6 is 0 Å². The van der Waals surface area contributed by atoms with Crippen LogP contribution in [0.4, 0.5) is 4.39 Å². The number of hydrogen-bond donors (Lipinski definition) is 2. The molecule has 1 amide bonds. The van der Waals surface area contributed by atoms with Gasteiger partial charge in [-0.3, -0.25) is 14.2 Å². The quantitative estimate of drug-likeness (QED) is 0.415. The molecule has 0 aliphatic carbocycles. The lowest BCUT2D eigenvalue weighted by Crippen LogP contribution is -2.38. The van der Waals surface area contributed by atoms with Crippen LogP contribution in [0.2, 0.25) is 0 Å². The molecule has 33 heavy (non-hydrogen) atoms. The fourth-order valence-electron chi connectivity index (χ4n) is 3.22. The van der Waals surface area contributed by atoms with Gasteiger partial charge < -0.3 is 11.1 Å². The third-order valence-electron chi connectivity index (χ3n) is 5.02. The Balaban J connectivity index is 1.76. The van der Waals surface area contributed by atoms with Gasteiger partial charge in [-0.05, 0) is 49.4 Å². The highest BCUT2D eigenvalue weighted by Gasteiger charge is 2.17. The highest BCUT2D eigenvalue weighted by atomic mass is 19.1. The molecule has 0 radical (unpaired) electrons. The van der Waals surface area contributed by atoms with Gasteiger partial charge in [0.1, 0.15) is 5.82 Å². The largest absolute Gasteiger partial charge is 0.352 e. The van der Waals surface area contributed by atoms with Crippen LogP contribution in [0, 0.1) is 5.82 Å². The molecule has 168 valence electrons. The Labute approximate surface area is 186 Å². The zero-order chi connectivity index (χ0) is 23.5. The number of carbonyl (C=O) groups is 1. The molecule has 0 aliphatic heterocycles. The van der Waals surface area contributed by atoms with Crippen LogP contribution in [0.1, 0.15) is 16.8 Å².